The van der Waals surface area contributed by atoms with Gasteiger partial charge < -0.3 is 5.73 Å². The van der Waals surface area contributed by atoms with Crippen LogP contribution in [-0.4, -0.2) is 8.42 Å². The highest BCUT2D eigenvalue weighted by Gasteiger charge is 2.17. The van der Waals surface area contributed by atoms with Gasteiger partial charge >= 0.3 is 0 Å². The molecule has 0 aliphatic carbocycles. The first-order valence-electron chi connectivity index (χ1n) is 5.63. The molecule has 0 bridgehead atoms. The highest BCUT2D eigenvalue weighted by Crippen LogP contribution is 2.31. The molecule has 0 unspecified atom stereocenters. The number of aryl methyl sites for hydroxylation is 1. The molecule has 0 saturated heterocycles. The van der Waals surface area contributed by atoms with E-state index in [1.54, 1.807) is 25.1 Å². The number of nitrogens with one attached hydrogen (secondary N) is 1. The van der Waals surface area contributed by atoms with Crippen LogP contribution in [-0.2, 0) is 10.0 Å². The van der Waals surface area contributed by atoms with E-state index in [0.29, 0.717) is 5.69 Å². The molecule has 7 heteroatoms. The van der Waals surface area contributed by atoms with Gasteiger partial charge in [0.05, 0.1) is 20.6 Å². The summed E-state index contributed by atoms with van der Waals surface area (Å²) in [6, 6.07) is 9.31. The normalized spacial score (nSPS) is 11.3. The van der Waals surface area contributed by atoms with Crippen LogP contribution in [0.2, 0.25) is 10.0 Å². The second kappa shape index (κ2) is 5.52. The lowest BCUT2D eigenvalue weighted by Crippen LogP contribution is -2.13. The Morgan fingerprint density at radius 3 is 2.50 bits per heavy atom. The zero-order valence-electron chi connectivity index (χ0n) is 10.5. The third-order valence-corrected chi connectivity index (χ3v) is 4.74. The van der Waals surface area contributed by atoms with Gasteiger partial charge in [-0.1, -0.05) is 29.3 Å². The summed E-state index contributed by atoms with van der Waals surface area (Å²) >= 11 is 11.8. The molecule has 0 heterocycles. The van der Waals surface area contributed by atoms with Crippen molar-refractivity contribution >= 4 is 44.6 Å². The molecule has 2 aromatic rings. The van der Waals surface area contributed by atoms with Gasteiger partial charge in [-0.15, -0.1) is 0 Å². The van der Waals surface area contributed by atoms with Gasteiger partial charge in [0.25, 0.3) is 10.0 Å². The molecule has 0 aliphatic rings. The number of hydrogen-bond acceptors (Lipinski definition) is 3. The van der Waals surface area contributed by atoms with Crippen LogP contribution in [0, 0.1) is 6.92 Å². The zero-order chi connectivity index (χ0) is 14.9. The van der Waals surface area contributed by atoms with Crippen LogP contribution in [0.5, 0.6) is 0 Å². The van der Waals surface area contributed by atoms with E-state index in [1.807, 2.05) is 0 Å². The van der Waals surface area contributed by atoms with E-state index in [2.05, 4.69) is 4.72 Å². The van der Waals surface area contributed by atoms with Crippen LogP contribution in [0.3, 0.4) is 0 Å². The summed E-state index contributed by atoms with van der Waals surface area (Å²) in [5.41, 5.74) is 7.02. The molecular weight excluding hydrogens is 319 g/mol. The van der Waals surface area contributed by atoms with Crippen molar-refractivity contribution in [2.45, 2.75) is 11.8 Å². The number of nitrogen functional groups attached to an aromatic ring is 1. The van der Waals surface area contributed by atoms with E-state index in [-0.39, 0.29) is 20.6 Å². The molecule has 0 aromatic heterocycles. The fraction of sp³-hybridized carbons (Fsp3) is 0.0769. The van der Waals surface area contributed by atoms with Crippen LogP contribution in [0.1, 0.15) is 5.56 Å². The lowest BCUT2D eigenvalue weighted by atomic mass is 10.2. The van der Waals surface area contributed by atoms with Gasteiger partial charge in [-0.2, -0.15) is 0 Å². The maximum Gasteiger partial charge on any atom is 0.262 e. The topological polar surface area (TPSA) is 72.2 Å². The Labute approximate surface area is 127 Å². The number of nitrogens with two attached hydrogens (primary N) is 1. The molecule has 0 fully saturated rings. The van der Waals surface area contributed by atoms with Crippen LogP contribution in [0.15, 0.2) is 41.3 Å². The van der Waals surface area contributed by atoms with E-state index in [0.717, 1.165) is 5.56 Å². The van der Waals surface area contributed by atoms with Gasteiger partial charge in [-0.25, -0.2) is 8.42 Å². The molecule has 0 saturated carbocycles. The predicted molar refractivity (Wildman–Crippen MR) is 82.9 cm³/mol. The Bertz CT molecular complexity index is 741. The Morgan fingerprint density at radius 1 is 1.15 bits per heavy atom. The highest BCUT2D eigenvalue weighted by atomic mass is 35.5. The van der Waals surface area contributed by atoms with Gasteiger partial charge in [-0.3, -0.25) is 4.72 Å². The predicted octanol–water partition coefficient (Wildman–Crippen LogP) is 3.68. The molecule has 106 valence electrons. The monoisotopic (exact) mass is 330 g/mol. The smallest absolute Gasteiger partial charge is 0.262 e. The molecule has 20 heavy (non-hydrogen) atoms. The molecule has 2 rings (SSSR count). The maximum absolute atomic E-state index is 12.3. The van der Waals surface area contributed by atoms with E-state index < -0.39 is 10.0 Å². The van der Waals surface area contributed by atoms with Crippen LogP contribution in [0.4, 0.5) is 11.4 Å². The van der Waals surface area contributed by atoms with Crippen molar-refractivity contribution in [3.8, 4) is 0 Å². The quantitative estimate of drug-likeness (QED) is 0.843. The molecule has 0 aliphatic heterocycles. The average Bonchev–Trinajstić information content (AvgIpc) is 2.33. The highest BCUT2D eigenvalue weighted by molar-refractivity contribution is 7.92. The zero-order valence-corrected chi connectivity index (χ0v) is 12.9. The molecule has 0 atom stereocenters. The molecule has 3 N–H and O–H groups in total. The Hall–Kier alpha value is -1.43. The number of anilines is 2. The number of benzene rings is 2. The van der Waals surface area contributed by atoms with Gasteiger partial charge in [0, 0.05) is 5.69 Å². The Morgan fingerprint density at radius 2 is 1.85 bits per heavy atom. The average molecular weight is 331 g/mol. The van der Waals surface area contributed by atoms with Crippen molar-refractivity contribution in [3.63, 3.8) is 0 Å². The SMILES string of the molecule is Cc1cc(N)cc(S(=O)(=O)Nc2cccc(Cl)c2Cl)c1. The third-order valence-electron chi connectivity index (χ3n) is 2.58. The molecule has 4 nitrogen and oxygen atoms in total. The summed E-state index contributed by atoms with van der Waals surface area (Å²) in [5, 5.41) is 0.425. The summed E-state index contributed by atoms with van der Waals surface area (Å²) in [5.74, 6) is 0. The first-order chi connectivity index (χ1) is 9.29. The number of halogens is 2. The summed E-state index contributed by atoms with van der Waals surface area (Å²) in [7, 11) is -3.77. The van der Waals surface area contributed by atoms with Crippen molar-refractivity contribution in [1.82, 2.24) is 0 Å². The summed E-state index contributed by atoms with van der Waals surface area (Å²) in [6.07, 6.45) is 0. The number of rotatable bonds is 3. The molecular formula is C13H12Cl2N2O2S. The molecule has 0 amide bonds. The minimum Gasteiger partial charge on any atom is -0.399 e. The van der Waals surface area contributed by atoms with E-state index in [9.17, 15) is 8.42 Å². The lowest BCUT2D eigenvalue weighted by Gasteiger charge is -2.11. The molecule has 0 radical (unpaired) electrons. The van der Waals surface area contributed by atoms with Gasteiger partial charge in [0.2, 0.25) is 0 Å². The van der Waals surface area contributed by atoms with E-state index in [4.69, 9.17) is 28.9 Å². The first-order valence-corrected chi connectivity index (χ1v) is 7.87. The maximum atomic E-state index is 12.3. The van der Waals surface area contributed by atoms with Crippen molar-refractivity contribution < 1.29 is 8.42 Å². The minimum absolute atomic E-state index is 0.0750. The van der Waals surface area contributed by atoms with E-state index in [1.165, 1.54) is 18.2 Å². The Kier molecular flexibility index (Phi) is 4.13. The summed E-state index contributed by atoms with van der Waals surface area (Å²) < 4.78 is 27.0. The van der Waals surface area contributed by atoms with Gasteiger partial charge in [0.1, 0.15) is 0 Å². The number of hydrogen-bond donors (Lipinski definition) is 2. The fourth-order valence-electron chi connectivity index (χ4n) is 1.72. The van der Waals surface area contributed by atoms with Gasteiger partial charge in [0.15, 0.2) is 0 Å². The Balaban J connectivity index is 2.43. The van der Waals surface area contributed by atoms with Crippen molar-refractivity contribution in [1.29, 1.82) is 0 Å². The van der Waals surface area contributed by atoms with Crippen molar-refractivity contribution in [3.05, 3.63) is 52.0 Å². The lowest BCUT2D eigenvalue weighted by molar-refractivity contribution is 0.601. The second-order valence-corrected chi connectivity index (χ2v) is 6.75. The molecule has 0 spiro atoms. The van der Waals surface area contributed by atoms with Crippen molar-refractivity contribution in [2.75, 3.05) is 10.5 Å². The number of sulfonamides is 1. The van der Waals surface area contributed by atoms with Crippen LogP contribution >= 0.6 is 23.2 Å². The third kappa shape index (κ3) is 3.17. The second-order valence-electron chi connectivity index (χ2n) is 4.29. The largest absolute Gasteiger partial charge is 0.399 e. The first kappa shape index (κ1) is 15.0. The summed E-state index contributed by atoms with van der Waals surface area (Å²) in [6.45, 7) is 1.77. The standard InChI is InChI=1S/C13H12Cl2N2O2S/c1-8-5-9(16)7-10(6-8)20(18,19)17-12-4-2-3-11(14)13(12)15/h2-7,17H,16H2,1H3. The van der Waals surface area contributed by atoms with Crippen LogP contribution in [0.25, 0.3) is 0 Å². The van der Waals surface area contributed by atoms with Crippen molar-refractivity contribution in [2.24, 2.45) is 0 Å². The minimum atomic E-state index is -3.77. The molecule has 2 aromatic carbocycles. The fourth-order valence-corrected chi connectivity index (χ4v) is 3.33. The van der Waals surface area contributed by atoms with Gasteiger partial charge in [-0.05, 0) is 42.8 Å². The summed E-state index contributed by atoms with van der Waals surface area (Å²) in [4.78, 5) is 0.0750. The van der Waals surface area contributed by atoms with E-state index >= 15 is 0 Å². The van der Waals surface area contributed by atoms with Crippen LogP contribution < -0.4 is 10.5 Å².